The highest BCUT2D eigenvalue weighted by Crippen LogP contribution is 2.25. The molecule has 3 aromatic rings. The number of hydrogen-bond acceptors (Lipinski definition) is 4. The van der Waals surface area contributed by atoms with Crippen LogP contribution in [0, 0.1) is 5.82 Å². The number of halogens is 1. The fourth-order valence-corrected chi connectivity index (χ4v) is 2.53. The molecule has 0 bridgehead atoms. The molecule has 0 atom stereocenters. The van der Waals surface area contributed by atoms with Crippen LogP contribution in [0.25, 0.3) is 16.3 Å². The summed E-state index contributed by atoms with van der Waals surface area (Å²) in [6.07, 6.45) is 0. The zero-order chi connectivity index (χ0) is 14.1. The average molecular weight is 287 g/mol. The van der Waals surface area contributed by atoms with Crippen molar-refractivity contribution in [2.75, 3.05) is 0 Å². The lowest BCUT2D eigenvalue weighted by molar-refractivity contribution is -0.255. The normalized spacial score (nSPS) is 10.7. The van der Waals surface area contributed by atoms with Gasteiger partial charge < -0.3 is 9.90 Å². The molecule has 6 heteroatoms. The van der Waals surface area contributed by atoms with E-state index in [1.807, 2.05) is 17.5 Å². The summed E-state index contributed by atoms with van der Waals surface area (Å²) in [5.74, 6) is -1.72. The van der Waals surface area contributed by atoms with Crippen molar-refractivity contribution in [2.45, 2.75) is 0 Å². The molecule has 0 aliphatic carbocycles. The Bertz CT molecular complexity index is 748. The van der Waals surface area contributed by atoms with E-state index in [2.05, 4.69) is 5.10 Å². The van der Waals surface area contributed by atoms with Crippen LogP contribution in [-0.4, -0.2) is 15.7 Å². The van der Waals surface area contributed by atoms with E-state index in [1.54, 1.807) is 0 Å². The predicted octanol–water partition coefficient (Wildman–Crippen LogP) is 2.10. The van der Waals surface area contributed by atoms with Gasteiger partial charge in [-0.25, -0.2) is 9.07 Å². The fourth-order valence-electron chi connectivity index (χ4n) is 1.85. The first-order valence-corrected chi connectivity index (χ1v) is 6.64. The predicted molar refractivity (Wildman–Crippen MR) is 71.2 cm³/mol. The van der Waals surface area contributed by atoms with Gasteiger partial charge in [0.1, 0.15) is 11.5 Å². The molecule has 0 N–H and O–H groups in total. The molecule has 3 rings (SSSR count). The van der Waals surface area contributed by atoms with E-state index in [0.717, 1.165) is 4.88 Å². The molecular weight excluding hydrogens is 279 g/mol. The molecule has 0 radical (unpaired) electrons. The van der Waals surface area contributed by atoms with Crippen LogP contribution in [0.1, 0.15) is 10.5 Å². The Kier molecular flexibility index (Phi) is 3.08. The maximum absolute atomic E-state index is 12.9. The Morgan fingerprint density at radius 3 is 2.60 bits per heavy atom. The number of carboxylic acid groups (broad SMARTS) is 1. The summed E-state index contributed by atoms with van der Waals surface area (Å²) in [5.41, 5.74) is 0.942. The monoisotopic (exact) mass is 287 g/mol. The Labute approximate surface area is 117 Å². The summed E-state index contributed by atoms with van der Waals surface area (Å²) in [4.78, 5) is 12.1. The lowest BCUT2D eigenvalue weighted by Crippen LogP contribution is -2.25. The highest BCUT2D eigenvalue weighted by molar-refractivity contribution is 7.13. The van der Waals surface area contributed by atoms with E-state index in [9.17, 15) is 14.3 Å². The standard InChI is InChI=1S/C14H9FN2O2S/c15-9-3-5-10(6-4-9)17-12(14(18)19)8-11(16-17)13-2-1-7-20-13/h1-8H,(H,18,19)/p-1. The van der Waals surface area contributed by atoms with Crippen LogP contribution >= 0.6 is 11.3 Å². The quantitative estimate of drug-likeness (QED) is 0.741. The van der Waals surface area contributed by atoms with Gasteiger partial charge in [0, 0.05) is 0 Å². The minimum atomic E-state index is -1.33. The summed E-state index contributed by atoms with van der Waals surface area (Å²) in [5, 5.41) is 17.3. The molecule has 0 unspecified atom stereocenters. The lowest BCUT2D eigenvalue weighted by Gasteiger charge is -2.07. The summed E-state index contributed by atoms with van der Waals surface area (Å²) < 4.78 is 14.2. The third-order valence-electron chi connectivity index (χ3n) is 2.76. The van der Waals surface area contributed by atoms with Crippen molar-refractivity contribution >= 4 is 17.3 Å². The maximum Gasteiger partial charge on any atom is 0.123 e. The average Bonchev–Trinajstić information content (AvgIpc) is 3.08. The Hall–Kier alpha value is -2.47. The number of aromatic carboxylic acids is 1. The first kappa shape index (κ1) is 12.6. The highest BCUT2D eigenvalue weighted by Gasteiger charge is 2.12. The number of nitrogens with zero attached hydrogens (tertiary/aromatic N) is 2. The molecule has 0 aliphatic heterocycles. The van der Waals surface area contributed by atoms with Crippen LogP contribution in [0.4, 0.5) is 4.39 Å². The van der Waals surface area contributed by atoms with Gasteiger partial charge in [0.15, 0.2) is 0 Å². The van der Waals surface area contributed by atoms with Crippen LogP contribution in [0.15, 0.2) is 47.8 Å². The smallest absolute Gasteiger partial charge is 0.123 e. The first-order valence-electron chi connectivity index (χ1n) is 5.76. The van der Waals surface area contributed by atoms with Crippen LogP contribution in [0.5, 0.6) is 0 Å². The Morgan fingerprint density at radius 2 is 2.00 bits per heavy atom. The minimum Gasteiger partial charge on any atom is -0.543 e. The van der Waals surface area contributed by atoms with Crippen LogP contribution in [0.2, 0.25) is 0 Å². The molecule has 2 heterocycles. The zero-order valence-electron chi connectivity index (χ0n) is 10.1. The second-order valence-electron chi connectivity index (χ2n) is 4.07. The SMILES string of the molecule is O=C([O-])c1cc(-c2cccs2)nn1-c1ccc(F)cc1. The number of thiophene rings is 1. The molecule has 0 fully saturated rings. The number of carboxylic acids is 1. The van der Waals surface area contributed by atoms with Gasteiger partial charge in [-0.1, -0.05) is 6.07 Å². The van der Waals surface area contributed by atoms with Crippen molar-refractivity contribution in [3.05, 3.63) is 59.4 Å². The number of carbonyl (C=O) groups is 1. The Balaban J connectivity index is 2.14. The number of hydrogen-bond donors (Lipinski definition) is 0. The van der Waals surface area contributed by atoms with E-state index in [0.29, 0.717) is 11.4 Å². The number of benzene rings is 1. The topological polar surface area (TPSA) is 57.9 Å². The van der Waals surface area contributed by atoms with Crippen molar-refractivity contribution in [3.63, 3.8) is 0 Å². The van der Waals surface area contributed by atoms with Gasteiger partial charge in [-0.2, -0.15) is 5.10 Å². The first-order chi connectivity index (χ1) is 9.65. The van der Waals surface area contributed by atoms with E-state index in [-0.39, 0.29) is 5.69 Å². The molecule has 2 aromatic heterocycles. The van der Waals surface area contributed by atoms with Gasteiger partial charge >= 0.3 is 0 Å². The fraction of sp³-hybridized carbons (Fsp3) is 0. The molecule has 100 valence electrons. The minimum absolute atomic E-state index is 0.0694. The molecule has 0 amide bonds. The second-order valence-corrected chi connectivity index (χ2v) is 5.02. The molecule has 1 aromatic carbocycles. The van der Waals surface area contributed by atoms with Crippen LogP contribution < -0.4 is 5.11 Å². The molecule has 4 nitrogen and oxygen atoms in total. The van der Waals surface area contributed by atoms with Crippen molar-refractivity contribution in [1.82, 2.24) is 9.78 Å². The number of rotatable bonds is 3. The molecular formula is C14H8FN2O2S-. The van der Waals surface area contributed by atoms with E-state index < -0.39 is 11.8 Å². The number of aromatic nitrogens is 2. The maximum atomic E-state index is 12.9. The second kappa shape index (κ2) is 4.90. The molecule has 0 saturated heterocycles. The summed E-state index contributed by atoms with van der Waals surface area (Å²) in [6.45, 7) is 0. The Morgan fingerprint density at radius 1 is 1.25 bits per heavy atom. The van der Waals surface area contributed by atoms with Gasteiger partial charge in [-0.05, 0) is 41.8 Å². The summed E-state index contributed by atoms with van der Waals surface area (Å²) in [6, 6.07) is 10.6. The number of carbonyl (C=O) groups excluding carboxylic acids is 1. The van der Waals surface area contributed by atoms with Gasteiger partial charge in [-0.3, -0.25) is 0 Å². The van der Waals surface area contributed by atoms with E-state index in [1.165, 1.54) is 46.4 Å². The van der Waals surface area contributed by atoms with Gasteiger partial charge in [0.05, 0.1) is 22.2 Å². The lowest BCUT2D eigenvalue weighted by atomic mass is 10.3. The van der Waals surface area contributed by atoms with Crippen molar-refractivity contribution in [1.29, 1.82) is 0 Å². The highest BCUT2D eigenvalue weighted by atomic mass is 32.1. The van der Waals surface area contributed by atoms with Crippen LogP contribution in [0.3, 0.4) is 0 Å². The zero-order valence-corrected chi connectivity index (χ0v) is 10.9. The van der Waals surface area contributed by atoms with Crippen LogP contribution in [-0.2, 0) is 0 Å². The van der Waals surface area contributed by atoms with Gasteiger partial charge in [0.2, 0.25) is 0 Å². The third-order valence-corrected chi connectivity index (χ3v) is 3.66. The van der Waals surface area contributed by atoms with Gasteiger partial charge in [-0.15, -0.1) is 11.3 Å². The van der Waals surface area contributed by atoms with Gasteiger partial charge in [0.25, 0.3) is 0 Å². The summed E-state index contributed by atoms with van der Waals surface area (Å²) >= 11 is 1.46. The molecule has 0 saturated carbocycles. The molecule has 20 heavy (non-hydrogen) atoms. The third kappa shape index (κ3) is 2.21. The largest absolute Gasteiger partial charge is 0.543 e. The molecule has 0 spiro atoms. The van der Waals surface area contributed by atoms with Crippen molar-refractivity contribution < 1.29 is 14.3 Å². The molecule has 0 aliphatic rings. The van der Waals surface area contributed by atoms with E-state index in [4.69, 9.17) is 0 Å². The van der Waals surface area contributed by atoms with Crippen molar-refractivity contribution in [2.24, 2.45) is 0 Å². The van der Waals surface area contributed by atoms with Crippen molar-refractivity contribution in [3.8, 4) is 16.3 Å². The van der Waals surface area contributed by atoms with E-state index >= 15 is 0 Å². The summed E-state index contributed by atoms with van der Waals surface area (Å²) in [7, 11) is 0.